The van der Waals surface area contributed by atoms with Gasteiger partial charge >= 0.3 is 12.3 Å². The van der Waals surface area contributed by atoms with Crippen molar-refractivity contribution in [2.75, 3.05) is 25.0 Å². The van der Waals surface area contributed by atoms with Crippen molar-refractivity contribution in [1.29, 1.82) is 0 Å². The first-order chi connectivity index (χ1) is 10.3. The van der Waals surface area contributed by atoms with E-state index in [9.17, 15) is 22.8 Å². The van der Waals surface area contributed by atoms with Crippen LogP contribution in [0.5, 0.6) is 0 Å². The molecule has 0 aliphatic carbocycles. The van der Waals surface area contributed by atoms with Crippen LogP contribution in [-0.4, -0.2) is 36.6 Å². The Labute approximate surface area is 129 Å². The van der Waals surface area contributed by atoms with Crippen LogP contribution in [0.3, 0.4) is 0 Å². The zero-order valence-electron chi connectivity index (χ0n) is 11.2. The van der Waals surface area contributed by atoms with Crippen LogP contribution in [0.15, 0.2) is 18.2 Å². The van der Waals surface area contributed by atoms with E-state index in [-0.39, 0.29) is 25.3 Å². The molecule has 0 unspecified atom stereocenters. The second-order valence-electron chi connectivity index (χ2n) is 4.59. The Morgan fingerprint density at radius 1 is 1.41 bits per heavy atom. The molecular formula is C13H12ClF3N2O3. The minimum atomic E-state index is -4.60. The fraction of sp³-hybridized carbons (Fsp3) is 0.385. The lowest BCUT2D eigenvalue weighted by atomic mass is 10.2. The predicted molar refractivity (Wildman–Crippen MR) is 72.6 cm³/mol. The topological polar surface area (TPSA) is 58.6 Å². The monoisotopic (exact) mass is 336 g/mol. The van der Waals surface area contributed by atoms with Crippen molar-refractivity contribution in [1.82, 2.24) is 4.90 Å². The van der Waals surface area contributed by atoms with Gasteiger partial charge in [-0.15, -0.1) is 0 Å². The number of halogens is 4. The summed E-state index contributed by atoms with van der Waals surface area (Å²) >= 11 is 5.49. The smallest absolute Gasteiger partial charge is 0.417 e. The number of rotatable bonds is 4. The van der Waals surface area contributed by atoms with Gasteiger partial charge in [0.05, 0.1) is 17.1 Å². The maximum Gasteiger partial charge on any atom is 0.417 e. The third-order valence-corrected chi connectivity index (χ3v) is 3.34. The highest BCUT2D eigenvalue weighted by atomic mass is 35.5. The van der Waals surface area contributed by atoms with Crippen LogP contribution in [0, 0.1) is 0 Å². The molecule has 22 heavy (non-hydrogen) atoms. The molecule has 1 heterocycles. The van der Waals surface area contributed by atoms with E-state index in [2.05, 4.69) is 5.32 Å². The van der Waals surface area contributed by atoms with Gasteiger partial charge in [-0.25, -0.2) is 4.79 Å². The van der Waals surface area contributed by atoms with Crippen LogP contribution in [0.1, 0.15) is 12.0 Å². The largest absolute Gasteiger partial charge is 0.448 e. The van der Waals surface area contributed by atoms with Crippen molar-refractivity contribution in [3.63, 3.8) is 0 Å². The molecule has 0 radical (unpaired) electrons. The van der Waals surface area contributed by atoms with Crippen LogP contribution >= 0.6 is 11.6 Å². The number of cyclic esters (lactones) is 1. The lowest BCUT2D eigenvalue weighted by molar-refractivity contribution is -0.137. The van der Waals surface area contributed by atoms with Crippen LogP contribution in [0.2, 0.25) is 5.02 Å². The Hall–Kier alpha value is -1.96. The molecule has 9 heteroatoms. The molecule has 2 amide bonds. The van der Waals surface area contributed by atoms with Gasteiger partial charge in [-0.05, 0) is 18.2 Å². The molecule has 0 spiro atoms. The summed E-state index contributed by atoms with van der Waals surface area (Å²) in [4.78, 5) is 24.2. The molecule has 1 aliphatic heterocycles. The molecule has 0 bridgehead atoms. The molecule has 120 valence electrons. The Bertz CT molecular complexity index is 592. The van der Waals surface area contributed by atoms with Gasteiger partial charge in [-0.3, -0.25) is 4.79 Å². The second-order valence-corrected chi connectivity index (χ2v) is 5.00. The van der Waals surface area contributed by atoms with E-state index in [1.165, 1.54) is 11.0 Å². The summed E-state index contributed by atoms with van der Waals surface area (Å²) in [5, 5.41) is 1.90. The van der Waals surface area contributed by atoms with Gasteiger partial charge in [-0.1, -0.05) is 11.6 Å². The quantitative estimate of drug-likeness (QED) is 0.919. The van der Waals surface area contributed by atoms with Gasteiger partial charge in [0.2, 0.25) is 5.91 Å². The molecule has 0 aromatic heterocycles. The standard InChI is InChI=1S/C13H12ClF3N2O3/c14-10-2-1-8(7-9(10)13(15,16)17)18-11(20)3-4-19-5-6-22-12(19)21/h1-2,7H,3-6H2,(H,18,20). The first-order valence-corrected chi connectivity index (χ1v) is 6.73. The first-order valence-electron chi connectivity index (χ1n) is 6.35. The van der Waals surface area contributed by atoms with Gasteiger partial charge in [0.1, 0.15) is 6.61 Å². The van der Waals surface area contributed by atoms with Gasteiger partial charge in [0, 0.05) is 18.7 Å². The zero-order valence-corrected chi connectivity index (χ0v) is 12.0. The van der Waals surface area contributed by atoms with E-state index in [1.807, 2.05) is 0 Å². The average Bonchev–Trinajstić information content (AvgIpc) is 2.83. The number of amides is 2. The van der Waals surface area contributed by atoms with E-state index in [1.54, 1.807) is 0 Å². The SMILES string of the molecule is O=C(CCN1CCOC1=O)Nc1ccc(Cl)c(C(F)(F)F)c1. The molecule has 2 rings (SSSR count). The summed E-state index contributed by atoms with van der Waals surface area (Å²) in [6.07, 6.45) is -5.14. The van der Waals surface area contributed by atoms with Crippen LogP contribution in [0.25, 0.3) is 0 Å². The number of carbonyl (C=O) groups excluding carboxylic acids is 2. The highest BCUT2D eigenvalue weighted by Crippen LogP contribution is 2.36. The molecule has 0 saturated carbocycles. The maximum atomic E-state index is 12.7. The van der Waals surface area contributed by atoms with E-state index < -0.39 is 28.8 Å². The van der Waals surface area contributed by atoms with E-state index >= 15 is 0 Å². The summed E-state index contributed by atoms with van der Waals surface area (Å²) < 4.78 is 42.8. The highest BCUT2D eigenvalue weighted by Gasteiger charge is 2.33. The molecule has 1 fully saturated rings. The number of alkyl halides is 3. The van der Waals surface area contributed by atoms with Gasteiger partial charge in [-0.2, -0.15) is 13.2 Å². The third kappa shape index (κ3) is 4.03. The zero-order chi connectivity index (χ0) is 16.3. The summed E-state index contributed by atoms with van der Waals surface area (Å²) in [5.74, 6) is -0.504. The third-order valence-electron chi connectivity index (χ3n) is 3.01. The summed E-state index contributed by atoms with van der Waals surface area (Å²) in [6.45, 7) is 0.808. The van der Waals surface area contributed by atoms with Crippen molar-refractivity contribution in [2.24, 2.45) is 0 Å². The van der Waals surface area contributed by atoms with Crippen LogP contribution < -0.4 is 5.32 Å². The fourth-order valence-corrected chi connectivity index (χ4v) is 2.13. The molecular weight excluding hydrogens is 325 g/mol. The van der Waals surface area contributed by atoms with Crippen molar-refractivity contribution in [2.45, 2.75) is 12.6 Å². The minimum absolute atomic E-state index is 0.00859. The van der Waals surface area contributed by atoms with Crippen LogP contribution in [0.4, 0.5) is 23.7 Å². The molecule has 5 nitrogen and oxygen atoms in total. The number of hydrogen-bond acceptors (Lipinski definition) is 3. The molecule has 1 aliphatic rings. The molecule has 0 atom stereocenters. The number of carbonyl (C=O) groups is 2. The van der Waals surface area contributed by atoms with E-state index in [0.717, 1.165) is 12.1 Å². The first kappa shape index (κ1) is 16.4. The molecule has 1 saturated heterocycles. The Balaban J connectivity index is 1.95. The molecule has 1 aromatic rings. The second kappa shape index (κ2) is 6.43. The minimum Gasteiger partial charge on any atom is -0.448 e. The Morgan fingerprint density at radius 2 is 2.14 bits per heavy atom. The Kier molecular flexibility index (Phi) is 4.80. The van der Waals surface area contributed by atoms with Gasteiger partial charge in [0.25, 0.3) is 0 Å². The lowest BCUT2D eigenvalue weighted by Gasteiger charge is -2.13. The summed E-state index contributed by atoms with van der Waals surface area (Å²) in [7, 11) is 0. The number of nitrogens with zero attached hydrogens (tertiary/aromatic N) is 1. The number of hydrogen-bond donors (Lipinski definition) is 1. The predicted octanol–water partition coefficient (Wildman–Crippen LogP) is 3.14. The van der Waals surface area contributed by atoms with Crippen LogP contribution in [-0.2, 0) is 15.7 Å². The van der Waals surface area contributed by atoms with Gasteiger partial charge in [0.15, 0.2) is 0 Å². The Morgan fingerprint density at radius 3 is 2.73 bits per heavy atom. The highest BCUT2D eigenvalue weighted by molar-refractivity contribution is 6.31. The lowest BCUT2D eigenvalue weighted by Crippen LogP contribution is -2.28. The molecule has 1 N–H and O–H groups in total. The van der Waals surface area contributed by atoms with Crippen molar-refractivity contribution in [3.05, 3.63) is 28.8 Å². The summed E-state index contributed by atoms with van der Waals surface area (Å²) in [5.41, 5.74) is -1.03. The normalized spacial score (nSPS) is 14.9. The van der Waals surface area contributed by atoms with Gasteiger partial charge < -0.3 is 15.0 Å². The summed E-state index contributed by atoms with van der Waals surface area (Å²) in [6, 6.07) is 3.11. The number of anilines is 1. The van der Waals surface area contributed by atoms with Crippen molar-refractivity contribution >= 4 is 29.3 Å². The number of benzene rings is 1. The fourth-order valence-electron chi connectivity index (χ4n) is 1.91. The van der Waals surface area contributed by atoms with E-state index in [4.69, 9.17) is 16.3 Å². The van der Waals surface area contributed by atoms with E-state index in [0.29, 0.717) is 6.54 Å². The van der Waals surface area contributed by atoms with Crippen molar-refractivity contribution < 1.29 is 27.5 Å². The maximum absolute atomic E-state index is 12.7. The average molecular weight is 337 g/mol. The molecule has 1 aromatic carbocycles. The number of nitrogens with one attached hydrogen (secondary N) is 1. The van der Waals surface area contributed by atoms with Crippen molar-refractivity contribution in [3.8, 4) is 0 Å². The number of ether oxygens (including phenoxy) is 1.